The molecule has 2 heterocycles. The SMILES string of the molecule is O=C(CCCCn1ccnc1)c1ccc(-n2cccn2)cc1. The first-order valence-corrected chi connectivity index (χ1v) is 7.42. The van der Waals surface area contributed by atoms with Crippen molar-refractivity contribution in [1.82, 2.24) is 19.3 Å². The summed E-state index contributed by atoms with van der Waals surface area (Å²) in [6.45, 7) is 0.908. The van der Waals surface area contributed by atoms with Crippen LogP contribution in [0.4, 0.5) is 0 Å². The van der Waals surface area contributed by atoms with Crippen LogP contribution in [0.1, 0.15) is 29.6 Å². The van der Waals surface area contributed by atoms with Crippen molar-refractivity contribution in [2.45, 2.75) is 25.8 Å². The van der Waals surface area contributed by atoms with Crippen LogP contribution in [0.2, 0.25) is 0 Å². The highest BCUT2D eigenvalue weighted by Gasteiger charge is 2.06. The van der Waals surface area contributed by atoms with E-state index in [4.69, 9.17) is 0 Å². The third-order valence-corrected chi connectivity index (χ3v) is 3.59. The fraction of sp³-hybridized carbons (Fsp3) is 0.235. The molecule has 0 aliphatic heterocycles. The molecule has 5 heteroatoms. The minimum absolute atomic E-state index is 0.192. The summed E-state index contributed by atoms with van der Waals surface area (Å²) in [5.41, 5.74) is 1.72. The number of imidazole rings is 1. The van der Waals surface area contributed by atoms with Gasteiger partial charge in [0.15, 0.2) is 5.78 Å². The van der Waals surface area contributed by atoms with Crippen LogP contribution in [0.25, 0.3) is 5.69 Å². The molecular weight excluding hydrogens is 276 g/mol. The minimum Gasteiger partial charge on any atom is -0.337 e. The molecule has 0 fully saturated rings. The van der Waals surface area contributed by atoms with Gasteiger partial charge in [-0.3, -0.25) is 4.79 Å². The van der Waals surface area contributed by atoms with E-state index in [0.717, 1.165) is 30.6 Å². The lowest BCUT2D eigenvalue weighted by molar-refractivity contribution is 0.0979. The van der Waals surface area contributed by atoms with E-state index in [1.165, 1.54) is 0 Å². The summed E-state index contributed by atoms with van der Waals surface area (Å²) in [7, 11) is 0. The first kappa shape index (κ1) is 14.3. The maximum Gasteiger partial charge on any atom is 0.162 e. The second kappa shape index (κ2) is 6.85. The molecule has 0 unspecified atom stereocenters. The van der Waals surface area contributed by atoms with Gasteiger partial charge in [-0.05, 0) is 43.2 Å². The number of Topliss-reactive ketones (excluding diaryl/α,β-unsaturated/α-hetero) is 1. The van der Waals surface area contributed by atoms with E-state index < -0.39 is 0 Å². The topological polar surface area (TPSA) is 52.7 Å². The molecule has 0 bridgehead atoms. The monoisotopic (exact) mass is 294 g/mol. The second-order valence-corrected chi connectivity index (χ2v) is 5.18. The number of aromatic nitrogens is 4. The van der Waals surface area contributed by atoms with Crippen molar-refractivity contribution >= 4 is 5.78 Å². The minimum atomic E-state index is 0.192. The van der Waals surface area contributed by atoms with Gasteiger partial charge in [-0.25, -0.2) is 9.67 Å². The average Bonchev–Trinajstić information content (AvgIpc) is 3.25. The number of rotatable bonds is 7. The van der Waals surface area contributed by atoms with Crippen molar-refractivity contribution in [3.63, 3.8) is 0 Å². The van der Waals surface area contributed by atoms with E-state index in [2.05, 4.69) is 10.1 Å². The van der Waals surface area contributed by atoms with Crippen molar-refractivity contribution in [1.29, 1.82) is 0 Å². The first-order chi connectivity index (χ1) is 10.8. The van der Waals surface area contributed by atoms with Gasteiger partial charge in [-0.2, -0.15) is 5.10 Å². The standard InChI is InChI=1S/C17H18N4O/c22-17(4-1-2-11-20-13-10-18-14-20)15-5-7-16(8-6-15)21-12-3-9-19-21/h3,5-10,12-14H,1-2,4,11H2. The molecular formula is C17H18N4O. The van der Waals surface area contributed by atoms with Crippen LogP contribution in [0.15, 0.2) is 61.4 Å². The van der Waals surface area contributed by atoms with E-state index in [1.807, 2.05) is 47.3 Å². The Morgan fingerprint density at radius 1 is 1.05 bits per heavy atom. The lowest BCUT2D eigenvalue weighted by atomic mass is 10.1. The molecule has 3 rings (SSSR count). The van der Waals surface area contributed by atoms with Gasteiger partial charge in [0.25, 0.3) is 0 Å². The normalized spacial score (nSPS) is 10.7. The van der Waals surface area contributed by atoms with E-state index >= 15 is 0 Å². The highest BCUT2D eigenvalue weighted by atomic mass is 16.1. The van der Waals surface area contributed by atoms with Crippen molar-refractivity contribution in [3.8, 4) is 5.69 Å². The summed E-state index contributed by atoms with van der Waals surface area (Å²) >= 11 is 0. The number of carbonyl (C=O) groups excluding carboxylic acids is 1. The molecule has 0 amide bonds. The van der Waals surface area contributed by atoms with Crippen molar-refractivity contribution in [2.75, 3.05) is 0 Å². The Morgan fingerprint density at radius 2 is 1.91 bits per heavy atom. The van der Waals surface area contributed by atoms with Crippen LogP contribution in [0.5, 0.6) is 0 Å². The molecule has 0 aliphatic carbocycles. The van der Waals surface area contributed by atoms with E-state index in [1.54, 1.807) is 23.4 Å². The number of aryl methyl sites for hydroxylation is 1. The summed E-state index contributed by atoms with van der Waals surface area (Å²) in [5, 5.41) is 4.17. The summed E-state index contributed by atoms with van der Waals surface area (Å²) in [6.07, 6.45) is 11.6. The average molecular weight is 294 g/mol. The second-order valence-electron chi connectivity index (χ2n) is 5.18. The molecule has 0 spiro atoms. The van der Waals surface area contributed by atoms with Crippen LogP contribution in [-0.4, -0.2) is 25.1 Å². The molecule has 22 heavy (non-hydrogen) atoms. The molecule has 5 nitrogen and oxygen atoms in total. The van der Waals surface area contributed by atoms with Crippen LogP contribution >= 0.6 is 0 Å². The predicted molar refractivity (Wildman–Crippen MR) is 84.0 cm³/mol. The largest absolute Gasteiger partial charge is 0.337 e. The quantitative estimate of drug-likeness (QED) is 0.497. The molecule has 2 aromatic heterocycles. The smallest absolute Gasteiger partial charge is 0.162 e. The van der Waals surface area contributed by atoms with Gasteiger partial charge >= 0.3 is 0 Å². The van der Waals surface area contributed by atoms with Crippen LogP contribution < -0.4 is 0 Å². The molecule has 0 aliphatic rings. The van der Waals surface area contributed by atoms with Crippen molar-refractivity contribution in [3.05, 3.63) is 67.0 Å². The number of benzene rings is 1. The van der Waals surface area contributed by atoms with E-state index in [-0.39, 0.29) is 5.78 Å². The van der Waals surface area contributed by atoms with Gasteiger partial charge in [0, 0.05) is 43.3 Å². The fourth-order valence-corrected chi connectivity index (χ4v) is 2.36. The Labute approximate surface area is 129 Å². The Hall–Kier alpha value is -2.69. The number of carbonyl (C=O) groups is 1. The number of hydrogen-bond acceptors (Lipinski definition) is 3. The summed E-state index contributed by atoms with van der Waals surface area (Å²) < 4.78 is 3.81. The summed E-state index contributed by atoms with van der Waals surface area (Å²) in [5.74, 6) is 0.192. The fourth-order valence-electron chi connectivity index (χ4n) is 2.36. The number of nitrogens with zero attached hydrogens (tertiary/aromatic N) is 4. The Morgan fingerprint density at radius 3 is 2.59 bits per heavy atom. The first-order valence-electron chi connectivity index (χ1n) is 7.42. The maximum absolute atomic E-state index is 12.2. The zero-order chi connectivity index (χ0) is 15.2. The van der Waals surface area contributed by atoms with Gasteiger partial charge in [0.1, 0.15) is 0 Å². The Balaban J connectivity index is 1.49. The molecule has 112 valence electrons. The maximum atomic E-state index is 12.2. The highest BCUT2D eigenvalue weighted by molar-refractivity contribution is 5.96. The van der Waals surface area contributed by atoms with Gasteiger partial charge in [-0.15, -0.1) is 0 Å². The third kappa shape index (κ3) is 3.49. The zero-order valence-electron chi connectivity index (χ0n) is 12.3. The number of unbranched alkanes of at least 4 members (excludes halogenated alkanes) is 1. The van der Waals surface area contributed by atoms with Crippen LogP contribution in [-0.2, 0) is 6.54 Å². The molecule has 0 atom stereocenters. The number of ketones is 1. The lowest BCUT2D eigenvalue weighted by Crippen LogP contribution is -2.02. The van der Waals surface area contributed by atoms with E-state index in [9.17, 15) is 4.79 Å². The van der Waals surface area contributed by atoms with Crippen molar-refractivity contribution < 1.29 is 4.79 Å². The van der Waals surface area contributed by atoms with Crippen LogP contribution in [0, 0.1) is 0 Å². The van der Waals surface area contributed by atoms with Crippen LogP contribution in [0.3, 0.4) is 0 Å². The Kier molecular flexibility index (Phi) is 4.44. The Bertz CT molecular complexity index is 700. The van der Waals surface area contributed by atoms with Gasteiger partial charge < -0.3 is 4.57 Å². The lowest BCUT2D eigenvalue weighted by Gasteiger charge is -2.05. The van der Waals surface area contributed by atoms with E-state index in [0.29, 0.717) is 6.42 Å². The van der Waals surface area contributed by atoms with Gasteiger partial charge in [-0.1, -0.05) is 0 Å². The summed E-state index contributed by atoms with van der Waals surface area (Å²) in [4.78, 5) is 16.2. The highest BCUT2D eigenvalue weighted by Crippen LogP contribution is 2.12. The molecule has 0 radical (unpaired) electrons. The molecule has 0 N–H and O–H groups in total. The molecule has 0 saturated carbocycles. The van der Waals surface area contributed by atoms with Crippen molar-refractivity contribution in [2.24, 2.45) is 0 Å². The molecule has 0 saturated heterocycles. The number of hydrogen-bond donors (Lipinski definition) is 0. The summed E-state index contributed by atoms with van der Waals surface area (Å²) in [6, 6.07) is 9.46. The molecule has 3 aromatic rings. The predicted octanol–water partition coefficient (Wildman–Crippen LogP) is 3.12. The zero-order valence-corrected chi connectivity index (χ0v) is 12.3. The van der Waals surface area contributed by atoms with Gasteiger partial charge in [0.05, 0.1) is 12.0 Å². The van der Waals surface area contributed by atoms with Gasteiger partial charge in [0.2, 0.25) is 0 Å². The molecule has 1 aromatic carbocycles. The third-order valence-electron chi connectivity index (χ3n) is 3.59.